The molecule has 0 aliphatic rings. The predicted octanol–water partition coefficient (Wildman–Crippen LogP) is 2.60. The number of aliphatic carboxylic acids is 2. The molecule has 0 aromatic carbocycles. The van der Waals surface area contributed by atoms with Crippen LogP contribution < -0.4 is 5.11 Å². The summed E-state index contributed by atoms with van der Waals surface area (Å²) in [5.74, 6) is -2.80. The number of unbranched alkanes of at least 4 members (excludes halogenated alkanes) is 3. The minimum atomic E-state index is -1.51. The molecular weight excluding hydrogens is 294 g/mol. The molecule has 0 aromatic rings. The van der Waals surface area contributed by atoms with Crippen LogP contribution >= 0.6 is 0 Å². The molecule has 0 aromatic heterocycles. The quantitative estimate of drug-likeness (QED) is 0.441. The van der Waals surface area contributed by atoms with Gasteiger partial charge in [-0.2, -0.15) is 0 Å². The van der Waals surface area contributed by atoms with Crippen molar-refractivity contribution >= 4 is 11.9 Å². The third-order valence-corrected chi connectivity index (χ3v) is 3.99. The number of carbonyl (C=O) groups excluding carboxylic acids is 1. The summed E-state index contributed by atoms with van der Waals surface area (Å²) >= 11 is 0. The van der Waals surface area contributed by atoms with E-state index in [4.69, 9.17) is 5.11 Å². The van der Waals surface area contributed by atoms with E-state index < -0.39 is 11.9 Å². The Hall–Kier alpha value is -1.36. The van der Waals surface area contributed by atoms with Crippen LogP contribution in [0.4, 0.5) is 0 Å². The highest BCUT2D eigenvalue weighted by atomic mass is 16.4. The Bertz CT molecular complexity index is 302. The lowest BCUT2D eigenvalue weighted by atomic mass is 10.1. The van der Waals surface area contributed by atoms with E-state index in [-0.39, 0.29) is 0 Å². The zero-order valence-electron chi connectivity index (χ0n) is 15.3. The molecule has 0 aliphatic carbocycles. The second-order valence-corrected chi connectivity index (χ2v) is 5.88. The van der Waals surface area contributed by atoms with Crippen molar-refractivity contribution in [3.05, 3.63) is 12.2 Å². The highest BCUT2D eigenvalue weighted by molar-refractivity contribution is 5.88. The number of hydrogen-bond acceptors (Lipinski definition) is 3. The molecular formula is C18H35NO4. The Morgan fingerprint density at radius 1 is 0.870 bits per heavy atom. The SMILES string of the molecule is CCCC[N+](CC)(CCCC)CCCC.O=C([O-])/C=C\C(=O)O. The second kappa shape index (κ2) is 15.5. The molecule has 0 bridgehead atoms. The van der Waals surface area contributed by atoms with E-state index in [1.807, 2.05) is 0 Å². The number of carboxylic acids is 2. The van der Waals surface area contributed by atoms with Crippen LogP contribution in [-0.4, -0.2) is 47.7 Å². The summed E-state index contributed by atoms with van der Waals surface area (Å²) in [7, 11) is 0. The smallest absolute Gasteiger partial charge is 0.328 e. The Kier molecular flexibility index (Phi) is 16.1. The maximum absolute atomic E-state index is 9.53. The maximum Gasteiger partial charge on any atom is 0.328 e. The van der Waals surface area contributed by atoms with Gasteiger partial charge in [0.05, 0.1) is 32.1 Å². The molecule has 0 aliphatic heterocycles. The average molecular weight is 329 g/mol. The predicted molar refractivity (Wildman–Crippen MR) is 91.9 cm³/mol. The van der Waals surface area contributed by atoms with Crippen LogP contribution in [-0.2, 0) is 9.59 Å². The van der Waals surface area contributed by atoms with Crippen molar-refractivity contribution < 1.29 is 24.3 Å². The standard InChI is InChI=1S/C14H32N.C4H4O4/c1-5-9-12-15(8-4,13-10-6-2)14-11-7-3;5-3(6)1-2-4(7)8/h5-14H2,1-4H3;1-2H,(H,5,6)(H,7,8)/q+1;/p-1/b;2-1-. The number of nitrogens with zero attached hydrogens (tertiary/aromatic N) is 1. The van der Waals surface area contributed by atoms with E-state index in [1.165, 1.54) is 69.2 Å². The molecule has 0 rings (SSSR count). The van der Waals surface area contributed by atoms with Gasteiger partial charge in [0.25, 0.3) is 0 Å². The summed E-state index contributed by atoms with van der Waals surface area (Å²) in [6, 6.07) is 0. The van der Waals surface area contributed by atoms with E-state index in [0.29, 0.717) is 12.2 Å². The molecule has 0 atom stereocenters. The highest BCUT2D eigenvalue weighted by Gasteiger charge is 2.22. The van der Waals surface area contributed by atoms with Crippen molar-refractivity contribution in [3.8, 4) is 0 Å². The van der Waals surface area contributed by atoms with Crippen molar-refractivity contribution in [1.29, 1.82) is 0 Å². The number of carboxylic acid groups (broad SMARTS) is 2. The molecule has 136 valence electrons. The third-order valence-electron chi connectivity index (χ3n) is 3.99. The summed E-state index contributed by atoms with van der Waals surface area (Å²) in [6.45, 7) is 14.9. The lowest BCUT2D eigenvalue weighted by molar-refractivity contribution is -0.927. The number of hydrogen-bond donors (Lipinski definition) is 1. The van der Waals surface area contributed by atoms with Crippen molar-refractivity contribution in [1.82, 2.24) is 0 Å². The van der Waals surface area contributed by atoms with Gasteiger partial charge in [0.15, 0.2) is 0 Å². The second-order valence-electron chi connectivity index (χ2n) is 5.88. The molecule has 0 fully saturated rings. The van der Waals surface area contributed by atoms with Gasteiger partial charge in [-0.05, 0) is 32.3 Å². The van der Waals surface area contributed by atoms with Crippen LogP contribution in [0, 0.1) is 0 Å². The van der Waals surface area contributed by atoms with Crippen LogP contribution in [0.15, 0.2) is 12.2 Å². The topological polar surface area (TPSA) is 77.4 Å². The van der Waals surface area contributed by atoms with Gasteiger partial charge in [-0.1, -0.05) is 40.0 Å². The first-order valence-electron chi connectivity index (χ1n) is 8.84. The number of quaternary nitrogens is 1. The molecule has 1 N–H and O–H groups in total. The zero-order valence-corrected chi connectivity index (χ0v) is 15.3. The maximum atomic E-state index is 9.53. The molecule has 5 nitrogen and oxygen atoms in total. The summed E-state index contributed by atoms with van der Waals surface area (Å²) in [4.78, 5) is 19.0. The third kappa shape index (κ3) is 15.3. The van der Waals surface area contributed by atoms with Gasteiger partial charge in [0, 0.05) is 6.08 Å². The molecule has 5 heteroatoms. The first-order chi connectivity index (χ1) is 10.9. The summed E-state index contributed by atoms with van der Waals surface area (Å²) in [5.41, 5.74) is 0. The Morgan fingerprint density at radius 2 is 1.26 bits per heavy atom. The van der Waals surface area contributed by atoms with Crippen LogP contribution in [0.2, 0.25) is 0 Å². The van der Waals surface area contributed by atoms with Crippen LogP contribution in [0.5, 0.6) is 0 Å². The molecule has 0 amide bonds. The lowest BCUT2D eigenvalue weighted by Gasteiger charge is -2.38. The van der Waals surface area contributed by atoms with Gasteiger partial charge < -0.3 is 19.5 Å². The van der Waals surface area contributed by atoms with Gasteiger partial charge in [-0.25, -0.2) is 4.79 Å². The highest BCUT2D eigenvalue weighted by Crippen LogP contribution is 2.14. The largest absolute Gasteiger partial charge is 0.545 e. The van der Waals surface area contributed by atoms with E-state index in [9.17, 15) is 14.7 Å². The van der Waals surface area contributed by atoms with Crippen LogP contribution in [0.25, 0.3) is 0 Å². The Balaban J connectivity index is 0. The normalized spacial score (nSPS) is 11.1. The monoisotopic (exact) mass is 329 g/mol. The van der Waals surface area contributed by atoms with E-state index in [2.05, 4.69) is 27.7 Å². The fraction of sp³-hybridized carbons (Fsp3) is 0.778. The fourth-order valence-electron chi connectivity index (χ4n) is 2.43. The van der Waals surface area contributed by atoms with Crippen molar-refractivity contribution in [2.75, 3.05) is 26.2 Å². The number of carbonyl (C=O) groups is 2. The summed E-state index contributed by atoms with van der Waals surface area (Å²) in [5, 5.41) is 17.2. The molecule has 0 unspecified atom stereocenters. The van der Waals surface area contributed by atoms with Gasteiger partial charge in [-0.15, -0.1) is 0 Å². The minimum absolute atomic E-state index is 0.447. The summed E-state index contributed by atoms with van der Waals surface area (Å²) < 4.78 is 1.38. The molecule has 0 saturated carbocycles. The first-order valence-corrected chi connectivity index (χ1v) is 8.84. The van der Waals surface area contributed by atoms with Gasteiger partial charge in [-0.3, -0.25) is 0 Å². The van der Waals surface area contributed by atoms with Crippen LogP contribution in [0.3, 0.4) is 0 Å². The van der Waals surface area contributed by atoms with Crippen molar-refractivity contribution in [3.63, 3.8) is 0 Å². The van der Waals surface area contributed by atoms with Gasteiger partial charge >= 0.3 is 5.97 Å². The van der Waals surface area contributed by atoms with Crippen LogP contribution in [0.1, 0.15) is 66.2 Å². The van der Waals surface area contributed by atoms with E-state index >= 15 is 0 Å². The zero-order chi connectivity index (χ0) is 18.1. The van der Waals surface area contributed by atoms with Gasteiger partial charge in [0.2, 0.25) is 0 Å². The average Bonchev–Trinajstić information content (AvgIpc) is 2.53. The summed E-state index contributed by atoms with van der Waals surface area (Å²) in [6.07, 6.45) is 9.19. The van der Waals surface area contributed by atoms with E-state index in [0.717, 1.165) is 0 Å². The Morgan fingerprint density at radius 3 is 1.43 bits per heavy atom. The van der Waals surface area contributed by atoms with Gasteiger partial charge in [0.1, 0.15) is 0 Å². The molecule has 0 saturated heterocycles. The molecule has 23 heavy (non-hydrogen) atoms. The molecule has 0 heterocycles. The fourth-order valence-corrected chi connectivity index (χ4v) is 2.43. The van der Waals surface area contributed by atoms with Crippen molar-refractivity contribution in [2.24, 2.45) is 0 Å². The van der Waals surface area contributed by atoms with Crippen molar-refractivity contribution in [2.45, 2.75) is 66.2 Å². The molecule has 0 spiro atoms. The lowest BCUT2D eigenvalue weighted by Crippen LogP contribution is -2.49. The first kappa shape index (κ1) is 23.9. The number of rotatable bonds is 12. The Labute approximate surface area is 141 Å². The minimum Gasteiger partial charge on any atom is -0.545 e. The van der Waals surface area contributed by atoms with E-state index in [1.54, 1.807) is 0 Å². The molecule has 0 radical (unpaired) electrons.